The number of rotatable bonds is 6. The third-order valence-electron chi connectivity index (χ3n) is 2.97. The second kappa shape index (κ2) is 7.42. The van der Waals surface area contributed by atoms with Gasteiger partial charge >= 0.3 is 11.9 Å². The van der Waals surface area contributed by atoms with Gasteiger partial charge in [-0.3, -0.25) is 0 Å². The minimum absolute atomic E-state index is 0.0259. The maximum Gasteiger partial charge on any atom is 0.346 e. The Morgan fingerprint density at radius 3 is 2.26 bits per heavy atom. The van der Waals surface area contributed by atoms with Gasteiger partial charge in [0.1, 0.15) is 10.6 Å². The van der Waals surface area contributed by atoms with Crippen LogP contribution in [0.3, 0.4) is 0 Å². The Labute approximate surface area is 135 Å². The number of methoxy groups -OCH3 is 2. The van der Waals surface area contributed by atoms with E-state index in [1.54, 1.807) is 0 Å². The summed E-state index contributed by atoms with van der Waals surface area (Å²) >= 11 is 0. The van der Waals surface area contributed by atoms with Gasteiger partial charge < -0.3 is 14.2 Å². The Balaban J connectivity index is 3.21. The summed E-state index contributed by atoms with van der Waals surface area (Å²) < 4.78 is 40.0. The topological polar surface area (TPSA) is 99.2 Å². The molecule has 0 spiro atoms. The first-order chi connectivity index (χ1) is 10.6. The number of ether oxygens (including phenoxy) is 3. The molecule has 0 unspecified atom stereocenters. The highest BCUT2D eigenvalue weighted by molar-refractivity contribution is 7.89. The summed E-state index contributed by atoms with van der Waals surface area (Å²) in [7, 11) is 1.39. The molecular weight excluding hydrogens is 326 g/mol. The molecule has 0 fully saturated rings. The van der Waals surface area contributed by atoms with Gasteiger partial charge in [0.15, 0.2) is 6.10 Å². The normalized spacial score (nSPS) is 12.6. The van der Waals surface area contributed by atoms with Crippen LogP contribution in [0.2, 0.25) is 0 Å². The van der Waals surface area contributed by atoms with Gasteiger partial charge in [-0.15, -0.1) is 0 Å². The molecule has 0 aromatic heterocycles. The molecule has 0 heterocycles. The van der Waals surface area contributed by atoms with Crippen LogP contribution in [0, 0.1) is 0 Å². The quantitative estimate of drug-likeness (QED) is 0.698. The van der Waals surface area contributed by atoms with E-state index >= 15 is 0 Å². The summed E-state index contributed by atoms with van der Waals surface area (Å²) in [6.45, 7) is 1.35. The number of sulfonamides is 1. The molecule has 9 heteroatoms. The van der Waals surface area contributed by atoms with Gasteiger partial charge in [0.2, 0.25) is 10.0 Å². The van der Waals surface area contributed by atoms with Crippen LogP contribution < -0.4 is 4.74 Å². The van der Waals surface area contributed by atoms with Crippen LogP contribution in [0.5, 0.6) is 5.75 Å². The Morgan fingerprint density at radius 1 is 1.17 bits per heavy atom. The Bertz CT molecular complexity index is 697. The Morgan fingerprint density at radius 2 is 1.78 bits per heavy atom. The third kappa shape index (κ3) is 4.20. The molecule has 1 aromatic rings. The molecule has 0 N–H and O–H groups in total. The average Bonchev–Trinajstić information content (AvgIpc) is 2.52. The van der Waals surface area contributed by atoms with Crippen molar-refractivity contribution in [2.24, 2.45) is 0 Å². The van der Waals surface area contributed by atoms with E-state index < -0.39 is 28.1 Å². The fourth-order valence-corrected chi connectivity index (χ4v) is 2.72. The lowest BCUT2D eigenvalue weighted by Gasteiger charge is -2.16. The largest absolute Gasteiger partial charge is 0.495 e. The fraction of sp³-hybridized carbons (Fsp3) is 0.429. The molecule has 128 valence electrons. The van der Waals surface area contributed by atoms with Gasteiger partial charge in [-0.05, 0) is 25.1 Å². The molecule has 1 atom stereocenters. The standard InChI is InChI=1S/C14H19NO7S/c1-9(13(16)21-5)22-14(17)10-6-7-11(20-4)12(8-10)23(18,19)15(2)3/h6-9H,1-5H3/t9-/m1/s1. The van der Waals surface area contributed by atoms with Gasteiger partial charge in [-0.25, -0.2) is 22.3 Å². The van der Waals surface area contributed by atoms with Crippen molar-refractivity contribution in [2.45, 2.75) is 17.9 Å². The second-order valence-corrected chi connectivity index (χ2v) is 6.84. The van der Waals surface area contributed by atoms with E-state index in [-0.39, 0.29) is 16.2 Å². The van der Waals surface area contributed by atoms with E-state index in [0.29, 0.717) is 0 Å². The van der Waals surface area contributed by atoms with E-state index in [1.165, 1.54) is 47.4 Å². The van der Waals surface area contributed by atoms with Crippen LogP contribution in [0.25, 0.3) is 0 Å². The van der Waals surface area contributed by atoms with Gasteiger partial charge in [-0.1, -0.05) is 0 Å². The average molecular weight is 345 g/mol. The monoisotopic (exact) mass is 345 g/mol. The van der Waals surface area contributed by atoms with E-state index in [0.717, 1.165) is 10.4 Å². The molecule has 0 aliphatic rings. The van der Waals surface area contributed by atoms with Crippen LogP contribution in [-0.4, -0.2) is 59.1 Å². The highest BCUT2D eigenvalue weighted by atomic mass is 32.2. The van der Waals surface area contributed by atoms with E-state index in [2.05, 4.69) is 4.74 Å². The summed E-state index contributed by atoms with van der Waals surface area (Å²) in [4.78, 5) is 23.1. The molecule has 1 rings (SSSR count). The summed E-state index contributed by atoms with van der Waals surface area (Å²) in [5.74, 6) is -1.47. The first kappa shape index (κ1) is 18.9. The fourth-order valence-electron chi connectivity index (χ4n) is 1.64. The SMILES string of the molecule is COC(=O)[C@@H](C)OC(=O)c1ccc(OC)c(S(=O)(=O)N(C)C)c1. The lowest BCUT2D eigenvalue weighted by atomic mass is 10.2. The van der Waals surface area contributed by atoms with Crippen molar-refractivity contribution in [3.05, 3.63) is 23.8 Å². The molecule has 8 nitrogen and oxygen atoms in total. The molecule has 0 radical (unpaired) electrons. The summed E-state index contributed by atoms with van der Waals surface area (Å²) in [6.07, 6.45) is -1.11. The van der Waals surface area contributed by atoms with Crippen molar-refractivity contribution in [3.8, 4) is 5.75 Å². The number of hydrogen-bond donors (Lipinski definition) is 0. The number of carbonyl (C=O) groups is 2. The van der Waals surface area contributed by atoms with Crippen LogP contribution in [0.15, 0.2) is 23.1 Å². The number of nitrogens with zero attached hydrogens (tertiary/aromatic N) is 1. The van der Waals surface area contributed by atoms with Gasteiger partial charge in [0.25, 0.3) is 0 Å². The predicted molar refractivity (Wildman–Crippen MR) is 80.8 cm³/mol. The zero-order chi connectivity index (χ0) is 17.8. The minimum atomic E-state index is -3.82. The molecule has 0 saturated heterocycles. The Hall–Kier alpha value is -2.13. The van der Waals surface area contributed by atoms with Crippen molar-refractivity contribution in [3.63, 3.8) is 0 Å². The van der Waals surface area contributed by atoms with Crippen LogP contribution >= 0.6 is 0 Å². The lowest BCUT2D eigenvalue weighted by Crippen LogP contribution is -2.26. The zero-order valence-electron chi connectivity index (χ0n) is 13.5. The summed E-state index contributed by atoms with van der Waals surface area (Å²) in [6, 6.07) is 3.83. The first-order valence-electron chi connectivity index (χ1n) is 6.54. The van der Waals surface area contributed by atoms with Crippen LogP contribution in [0.1, 0.15) is 17.3 Å². The van der Waals surface area contributed by atoms with Crippen LogP contribution in [-0.2, 0) is 24.3 Å². The molecule has 0 bridgehead atoms. The van der Waals surface area contributed by atoms with Crippen molar-refractivity contribution < 1.29 is 32.2 Å². The molecular formula is C14H19NO7S. The number of benzene rings is 1. The van der Waals surface area contributed by atoms with Gasteiger partial charge in [0, 0.05) is 14.1 Å². The summed E-state index contributed by atoms with van der Waals surface area (Å²) in [5.41, 5.74) is -0.0259. The maximum atomic E-state index is 12.3. The van der Waals surface area contributed by atoms with Gasteiger partial charge in [0.05, 0.1) is 19.8 Å². The van der Waals surface area contributed by atoms with Crippen molar-refractivity contribution in [2.75, 3.05) is 28.3 Å². The van der Waals surface area contributed by atoms with Crippen molar-refractivity contribution in [1.82, 2.24) is 4.31 Å². The minimum Gasteiger partial charge on any atom is -0.495 e. The molecule has 0 saturated carbocycles. The molecule has 0 aliphatic heterocycles. The van der Waals surface area contributed by atoms with Gasteiger partial charge in [-0.2, -0.15) is 0 Å². The number of hydrogen-bond acceptors (Lipinski definition) is 7. The first-order valence-corrected chi connectivity index (χ1v) is 7.98. The van der Waals surface area contributed by atoms with E-state index in [9.17, 15) is 18.0 Å². The van der Waals surface area contributed by atoms with Crippen molar-refractivity contribution in [1.29, 1.82) is 0 Å². The molecule has 0 aliphatic carbocycles. The molecule has 1 aromatic carbocycles. The maximum absolute atomic E-state index is 12.3. The summed E-state index contributed by atoms with van der Waals surface area (Å²) in [5, 5.41) is 0. The molecule has 23 heavy (non-hydrogen) atoms. The van der Waals surface area contributed by atoms with Crippen molar-refractivity contribution >= 4 is 22.0 Å². The number of esters is 2. The predicted octanol–water partition coefficient (Wildman–Crippen LogP) is 0.664. The zero-order valence-corrected chi connectivity index (χ0v) is 14.3. The van der Waals surface area contributed by atoms with Crippen LogP contribution in [0.4, 0.5) is 0 Å². The Kier molecular flexibility index (Phi) is 6.11. The van der Waals surface area contributed by atoms with E-state index in [1.807, 2.05) is 0 Å². The van der Waals surface area contributed by atoms with E-state index in [4.69, 9.17) is 9.47 Å². The second-order valence-electron chi connectivity index (χ2n) is 4.72. The highest BCUT2D eigenvalue weighted by Gasteiger charge is 2.25. The number of carbonyl (C=O) groups excluding carboxylic acids is 2. The third-order valence-corrected chi connectivity index (χ3v) is 4.81. The lowest BCUT2D eigenvalue weighted by molar-refractivity contribution is -0.149. The smallest absolute Gasteiger partial charge is 0.346 e. The molecule has 0 amide bonds. The highest BCUT2D eigenvalue weighted by Crippen LogP contribution is 2.27.